The molecule has 25 heavy (non-hydrogen) atoms. The van der Waals surface area contributed by atoms with Crippen LogP contribution < -0.4 is 5.32 Å². The maximum Gasteiger partial charge on any atom is 0.306 e. The summed E-state index contributed by atoms with van der Waals surface area (Å²) in [7, 11) is 0. The first-order valence-electron chi connectivity index (χ1n) is 8.95. The van der Waals surface area contributed by atoms with E-state index in [1.165, 1.54) is 16.5 Å². The SMILES string of the molecule is Cc1cc(CNC(=O)C2CCCC(C(=O)O)C2)c2[nH]c(C)c(C)c2c1. The van der Waals surface area contributed by atoms with Crippen molar-refractivity contribution in [2.75, 3.05) is 0 Å². The summed E-state index contributed by atoms with van der Waals surface area (Å²) in [5, 5.41) is 13.4. The molecular weight excluding hydrogens is 316 g/mol. The van der Waals surface area contributed by atoms with Gasteiger partial charge in [-0.05, 0) is 57.2 Å². The molecule has 1 heterocycles. The monoisotopic (exact) mass is 342 g/mol. The van der Waals surface area contributed by atoms with Crippen LogP contribution in [-0.2, 0) is 16.1 Å². The van der Waals surface area contributed by atoms with Gasteiger partial charge in [0, 0.05) is 23.5 Å². The fourth-order valence-corrected chi connectivity index (χ4v) is 3.91. The second kappa shape index (κ2) is 6.90. The second-order valence-electron chi connectivity index (χ2n) is 7.34. The molecule has 1 saturated carbocycles. The molecule has 1 aliphatic rings. The average Bonchev–Trinajstić information content (AvgIpc) is 2.87. The van der Waals surface area contributed by atoms with Gasteiger partial charge >= 0.3 is 5.97 Å². The van der Waals surface area contributed by atoms with Crippen molar-refractivity contribution in [1.82, 2.24) is 10.3 Å². The van der Waals surface area contributed by atoms with Gasteiger partial charge in [0.2, 0.25) is 5.91 Å². The summed E-state index contributed by atoms with van der Waals surface area (Å²) in [6.07, 6.45) is 2.71. The minimum Gasteiger partial charge on any atom is -0.481 e. The fraction of sp³-hybridized carbons (Fsp3) is 0.500. The van der Waals surface area contributed by atoms with Crippen LogP contribution in [-0.4, -0.2) is 22.0 Å². The van der Waals surface area contributed by atoms with Crippen LogP contribution in [0.4, 0.5) is 0 Å². The predicted molar refractivity (Wildman–Crippen MR) is 97.4 cm³/mol. The quantitative estimate of drug-likeness (QED) is 0.794. The zero-order chi connectivity index (χ0) is 18.1. The fourth-order valence-electron chi connectivity index (χ4n) is 3.91. The molecule has 2 unspecified atom stereocenters. The standard InChI is InChI=1S/C20H26N2O3/c1-11-7-16(18-17(8-11)12(2)13(3)22-18)10-21-19(23)14-5-4-6-15(9-14)20(24)25/h7-8,14-15,22H,4-6,9-10H2,1-3H3,(H,21,23)(H,24,25). The van der Waals surface area contributed by atoms with Crippen molar-refractivity contribution in [1.29, 1.82) is 0 Å². The van der Waals surface area contributed by atoms with E-state index in [1.807, 2.05) is 0 Å². The second-order valence-corrected chi connectivity index (χ2v) is 7.34. The molecule has 5 heteroatoms. The van der Waals surface area contributed by atoms with E-state index >= 15 is 0 Å². The Morgan fingerprint density at radius 3 is 2.64 bits per heavy atom. The van der Waals surface area contributed by atoms with Crippen LogP contribution in [0.15, 0.2) is 12.1 Å². The molecule has 0 spiro atoms. The Kier molecular flexibility index (Phi) is 4.84. The van der Waals surface area contributed by atoms with E-state index in [0.717, 1.165) is 29.6 Å². The number of aryl methyl sites for hydroxylation is 3. The Labute approximate surface area is 147 Å². The van der Waals surface area contributed by atoms with Crippen molar-refractivity contribution in [2.45, 2.75) is 53.0 Å². The molecule has 2 aromatic rings. The molecule has 0 aliphatic heterocycles. The van der Waals surface area contributed by atoms with Crippen LogP contribution in [0, 0.1) is 32.6 Å². The first-order valence-corrected chi connectivity index (χ1v) is 8.95. The van der Waals surface area contributed by atoms with Gasteiger partial charge in [-0.3, -0.25) is 9.59 Å². The van der Waals surface area contributed by atoms with Crippen molar-refractivity contribution >= 4 is 22.8 Å². The van der Waals surface area contributed by atoms with E-state index in [4.69, 9.17) is 0 Å². The van der Waals surface area contributed by atoms with E-state index in [0.29, 0.717) is 19.4 Å². The number of carbonyl (C=O) groups is 2. The van der Waals surface area contributed by atoms with Gasteiger partial charge in [-0.2, -0.15) is 0 Å². The number of carboxylic acid groups (broad SMARTS) is 1. The first kappa shape index (κ1) is 17.5. The number of hydrogen-bond acceptors (Lipinski definition) is 2. The molecule has 1 amide bonds. The normalized spacial score (nSPS) is 20.6. The number of amides is 1. The van der Waals surface area contributed by atoms with Crippen molar-refractivity contribution in [2.24, 2.45) is 11.8 Å². The van der Waals surface area contributed by atoms with Crippen LogP contribution in [0.1, 0.15) is 48.1 Å². The number of carboxylic acids is 1. The largest absolute Gasteiger partial charge is 0.481 e. The number of fused-ring (bicyclic) bond motifs is 1. The molecule has 134 valence electrons. The molecule has 3 N–H and O–H groups in total. The molecule has 1 aromatic heterocycles. The zero-order valence-corrected chi connectivity index (χ0v) is 15.1. The highest BCUT2D eigenvalue weighted by Gasteiger charge is 2.30. The van der Waals surface area contributed by atoms with E-state index in [-0.39, 0.29) is 17.7 Å². The van der Waals surface area contributed by atoms with Gasteiger partial charge in [0.1, 0.15) is 0 Å². The Hall–Kier alpha value is -2.30. The number of benzene rings is 1. The summed E-state index contributed by atoms with van der Waals surface area (Å²) in [4.78, 5) is 27.1. The summed E-state index contributed by atoms with van der Waals surface area (Å²) in [5.74, 6) is -1.39. The van der Waals surface area contributed by atoms with Crippen molar-refractivity contribution in [3.63, 3.8) is 0 Å². The Morgan fingerprint density at radius 2 is 1.92 bits per heavy atom. The third-order valence-electron chi connectivity index (χ3n) is 5.49. The maximum atomic E-state index is 12.5. The number of aliphatic carboxylic acids is 1. The molecule has 3 rings (SSSR count). The average molecular weight is 342 g/mol. The van der Waals surface area contributed by atoms with E-state index in [2.05, 4.69) is 43.2 Å². The van der Waals surface area contributed by atoms with Crippen molar-refractivity contribution in [3.05, 3.63) is 34.5 Å². The van der Waals surface area contributed by atoms with Gasteiger partial charge in [0.25, 0.3) is 0 Å². The summed E-state index contributed by atoms with van der Waals surface area (Å²) < 4.78 is 0. The topological polar surface area (TPSA) is 82.2 Å². The summed E-state index contributed by atoms with van der Waals surface area (Å²) >= 11 is 0. The minimum atomic E-state index is -0.782. The number of H-pyrrole nitrogens is 1. The summed E-state index contributed by atoms with van der Waals surface area (Å²) in [6.45, 7) is 6.68. The number of aromatic nitrogens is 1. The lowest BCUT2D eigenvalue weighted by Gasteiger charge is -2.25. The highest BCUT2D eigenvalue weighted by molar-refractivity contribution is 5.88. The molecule has 1 aromatic carbocycles. The Balaban J connectivity index is 1.73. The van der Waals surface area contributed by atoms with E-state index in [9.17, 15) is 14.7 Å². The van der Waals surface area contributed by atoms with E-state index < -0.39 is 5.97 Å². The predicted octanol–water partition coefficient (Wildman–Crippen LogP) is 3.60. The molecular formula is C20H26N2O3. The molecule has 0 radical (unpaired) electrons. The lowest BCUT2D eigenvalue weighted by Crippen LogP contribution is -2.35. The first-order chi connectivity index (χ1) is 11.9. The number of aromatic amines is 1. The van der Waals surface area contributed by atoms with Gasteiger partial charge in [0.15, 0.2) is 0 Å². The van der Waals surface area contributed by atoms with Crippen molar-refractivity contribution in [3.8, 4) is 0 Å². The van der Waals surface area contributed by atoms with Crippen LogP contribution in [0.2, 0.25) is 0 Å². The smallest absolute Gasteiger partial charge is 0.306 e. The van der Waals surface area contributed by atoms with Gasteiger partial charge in [-0.25, -0.2) is 0 Å². The highest BCUT2D eigenvalue weighted by Crippen LogP contribution is 2.30. The number of carbonyl (C=O) groups excluding carboxylic acids is 1. The number of hydrogen-bond donors (Lipinski definition) is 3. The Bertz CT molecular complexity index is 822. The lowest BCUT2D eigenvalue weighted by atomic mass is 9.81. The number of rotatable bonds is 4. The lowest BCUT2D eigenvalue weighted by molar-refractivity contribution is -0.144. The molecule has 0 bridgehead atoms. The Morgan fingerprint density at radius 1 is 1.20 bits per heavy atom. The number of nitrogens with one attached hydrogen (secondary N) is 2. The zero-order valence-electron chi connectivity index (χ0n) is 15.1. The summed E-state index contributed by atoms with van der Waals surface area (Å²) in [5.41, 5.74) is 5.70. The molecule has 2 atom stereocenters. The highest BCUT2D eigenvalue weighted by atomic mass is 16.4. The van der Waals surface area contributed by atoms with Gasteiger partial charge in [-0.15, -0.1) is 0 Å². The third-order valence-corrected chi connectivity index (χ3v) is 5.49. The van der Waals surface area contributed by atoms with E-state index in [1.54, 1.807) is 0 Å². The van der Waals surface area contributed by atoms with Crippen LogP contribution in [0.5, 0.6) is 0 Å². The maximum absolute atomic E-state index is 12.5. The molecule has 1 fully saturated rings. The van der Waals surface area contributed by atoms with Gasteiger partial charge in [0.05, 0.1) is 11.4 Å². The van der Waals surface area contributed by atoms with Crippen LogP contribution in [0.25, 0.3) is 10.9 Å². The minimum absolute atomic E-state index is 0.0272. The van der Waals surface area contributed by atoms with Crippen molar-refractivity contribution < 1.29 is 14.7 Å². The third kappa shape index (κ3) is 3.55. The van der Waals surface area contributed by atoms with Crippen LogP contribution in [0.3, 0.4) is 0 Å². The molecule has 0 saturated heterocycles. The van der Waals surface area contributed by atoms with Crippen LogP contribution >= 0.6 is 0 Å². The van der Waals surface area contributed by atoms with Gasteiger partial charge in [-0.1, -0.05) is 18.1 Å². The van der Waals surface area contributed by atoms with Gasteiger partial charge < -0.3 is 15.4 Å². The molecule has 5 nitrogen and oxygen atoms in total. The summed E-state index contributed by atoms with van der Waals surface area (Å²) in [6, 6.07) is 4.26. The molecule has 1 aliphatic carbocycles.